The molecule has 0 amide bonds. The number of H-pyrrole nitrogens is 1. The van der Waals surface area contributed by atoms with Crippen molar-refractivity contribution in [3.05, 3.63) is 27.7 Å². The maximum Gasteiger partial charge on any atom is 0.224 e. The molecule has 3 aromatic rings. The van der Waals surface area contributed by atoms with Crippen LogP contribution in [0.15, 0.2) is 18.5 Å². The van der Waals surface area contributed by atoms with Gasteiger partial charge >= 0.3 is 0 Å². The Morgan fingerprint density at radius 1 is 1.39 bits per heavy atom. The van der Waals surface area contributed by atoms with Gasteiger partial charge in [0, 0.05) is 4.88 Å². The fourth-order valence-corrected chi connectivity index (χ4v) is 2.62. The van der Waals surface area contributed by atoms with Crippen LogP contribution in [0.3, 0.4) is 0 Å². The number of thiophene rings is 1. The van der Waals surface area contributed by atoms with Gasteiger partial charge in [0.15, 0.2) is 11.5 Å². The molecule has 0 atom stereocenters. The fourth-order valence-electron chi connectivity index (χ4n) is 1.60. The van der Waals surface area contributed by atoms with E-state index >= 15 is 0 Å². The number of nitrogen functional groups attached to an aromatic ring is 1. The number of nitrogens with two attached hydrogens (primary N) is 1. The molecule has 3 aromatic heterocycles. The summed E-state index contributed by atoms with van der Waals surface area (Å²) in [4.78, 5) is 16.3. The number of aromatic amines is 1. The molecule has 0 radical (unpaired) electrons. The van der Waals surface area contributed by atoms with Gasteiger partial charge in [0.05, 0.1) is 17.2 Å². The summed E-state index contributed by atoms with van der Waals surface area (Å²) in [6, 6.07) is 3.83. The van der Waals surface area contributed by atoms with E-state index in [0.717, 1.165) is 14.7 Å². The molecule has 3 rings (SSSR count). The third-order valence-corrected chi connectivity index (χ3v) is 3.59. The molecular weight excluding hydrogens is 272 g/mol. The van der Waals surface area contributed by atoms with Crippen molar-refractivity contribution >= 4 is 45.9 Å². The molecule has 18 heavy (non-hydrogen) atoms. The molecule has 0 spiro atoms. The van der Waals surface area contributed by atoms with E-state index in [0.29, 0.717) is 18.0 Å². The maximum atomic E-state index is 5.87. The molecule has 0 aromatic carbocycles. The lowest BCUT2D eigenvalue weighted by Gasteiger charge is -2.05. The number of imidazole rings is 1. The zero-order chi connectivity index (χ0) is 12.5. The molecule has 0 saturated heterocycles. The number of anilines is 2. The van der Waals surface area contributed by atoms with Gasteiger partial charge in [-0.1, -0.05) is 11.6 Å². The summed E-state index contributed by atoms with van der Waals surface area (Å²) in [5, 5.41) is 3.19. The van der Waals surface area contributed by atoms with Crippen LogP contribution in [0.2, 0.25) is 4.34 Å². The van der Waals surface area contributed by atoms with E-state index in [1.807, 2.05) is 12.1 Å². The average molecular weight is 281 g/mol. The van der Waals surface area contributed by atoms with E-state index in [1.165, 1.54) is 11.3 Å². The maximum absolute atomic E-state index is 5.87. The van der Waals surface area contributed by atoms with E-state index < -0.39 is 0 Å². The molecule has 6 nitrogen and oxygen atoms in total. The first-order valence-corrected chi connectivity index (χ1v) is 6.36. The molecule has 8 heteroatoms. The van der Waals surface area contributed by atoms with Gasteiger partial charge in [0.2, 0.25) is 5.95 Å². The van der Waals surface area contributed by atoms with Gasteiger partial charge in [0.25, 0.3) is 0 Å². The van der Waals surface area contributed by atoms with Crippen molar-refractivity contribution in [3.63, 3.8) is 0 Å². The molecule has 0 bridgehead atoms. The van der Waals surface area contributed by atoms with Crippen LogP contribution in [0.1, 0.15) is 4.88 Å². The largest absolute Gasteiger partial charge is 0.368 e. The monoisotopic (exact) mass is 280 g/mol. The van der Waals surface area contributed by atoms with Crippen LogP contribution in [-0.2, 0) is 6.54 Å². The second-order valence-electron chi connectivity index (χ2n) is 3.59. The molecular formula is C10H9ClN6S. The average Bonchev–Trinajstić information content (AvgIpc) is 2.94. The summed E-state index contributed by atoms with van der Waals surface area (Å²) in [5.74, 6) is 0.834. The molecule has 0 aliphatic rings. The Labute approximate surface area is 111 Å². The van der Waals surface area contributed by atoms with E-state index in [-0.39, 0.29) is 5.95 Å². The number of rotatable bonds is 3. The van der Waals surface area contributed by atoms with Crippen LogP contribution in [-0.4, -0.2) is 19.9 Å². The summed E-state index contributed by atoms with van der Waals surface area (Å²) in [7, 11) is 0. The van der Waals surface area contributed by atoms with Gasteiger partial charge in [-0.25, -0.2) is 4.98 Å². The Bertz CT molecular complexity index is 691. The standard InChI is InChI=1S/C10H9ClN6S/c11-6-2-1-5(18-6)3-13-8-7-9(15-4-14-7)17-10(12)16-8/h1-2,4H,3H2,(H4,12,13,14,15,16,17). The first-order chi connectivity index (χ1) is 8.72. The zero-order valence-electron chi connectivity index (χ0n) is 9.14. The van der Waals surface area contributed by atoms with E-state index in [9.17, 15) is 0 Å². The highest BCUT2D eigenvalue weighted by Gasteiger charge is 2.08. The van der Waals surface area contributed by atoms with Gasteiger partial charge in [-0.15, -0.1) is 11.3 Å². The fraction of sp³-hybridized carbons (Fsp3) is 0.100. The Morgan fingerprint density at radius 3 is 3.06 bits per heavy atom. The summed E-state index contributed by atoms with van der Waals surface area (Å²) >= 11 is 7.40. The third-order valence-electron chi connectivity index (χ3n) is 2.36. The van der Waals surface area contributed by atoms with Crippen molar-refractivity contribution < 1.29 is 0 Å². The molecule has 0 aliphatic heterocycles. The van der Waals surface area contributed by atoms with E-state index in [1.54, 1.807) is 6.33 Å². The van der Waals surface area contributed by atoms with Gasteiger partial charge in [-0.3, -0.25) is 0 Å². The smallest absolute Gasteiger partial charge is 0.224 e. The van der Waals surface area contributed by atoms with E-state index in [2.05, 4.69) is 25.3 Å². The predicted molar refractivity (Wildman–Crippen MR) is 72.8 cm³/mol. The van der Waals surface area contributed by atoms with Crippen molar-refractivity contribution in [3.8, 4) is 0 Å². The molecule has 0 unspecified atom stereocenters. The highest BCUT2D eigenvalue weighted by atomic mass is 35.5. The minimum atomic E-state index is 0.196. The zero-order valence-corrected chi connectivity index (χ0v) is 10.7. The van der Waals surface area contributed by atoms with Crippen molar-refractivity contribution in [2.45, 2.75) is 6.54 Å². The van der Waals surface area contributed by atoms with Gasteiger partial charge < -0.3 is 16.0 Å². The number of aromatic nitrogens is 4. The molecule has 0 fully saturated rings. The first kappa shape index (κ1) is 11.2. The second kappa shape index (κ2) is 4.43. The number of hydrogen-bond donors (Lipinski definition) is 3. The van der Waals surface area contributed by atoms with Crippen molar-refractivity contribution in [2.75, 3.05) is 11.1 Å². The summed E-state index contributed by atoms with van der Waals surface area (Å²) in [5.41, 5.74) is 6.91. The molecule has 3 heterocycles. The lowest BCUT2D eigenvalue weighted by molar-refractivity contribution is 1.13. The molecule has 4 N–H and O–H groups in total. The molecule has 0 aliphatic carbocycles. The topological polar surface area (TPSA) is 92.5 Å². The lowest BCUT2D eigenvalue weighted by atomic mass is 10.4. The Kier molecular flexibility index (Phi) is 2.77. The highest BCUT2D eigenvalue weighted by molar-refractivity contribution is 7.16. The first-order valence-electron chi connectivity index (χ1n) is 5.17. The number of hydrogen-bond acceptors (Lipinski definition) is 6. The second-order valence-corrected chi connectivity index (χ2v) is 5.39. The predicted octanol–water partition coefficient (Wildman–Crippen LogP) is 2.26. The molecule has 0 saturated carbocycles. The normalized spacial score (nSPS) is 10.9. The summed E-state index contributed by atoms with van der Waals surface area (Å²) in [6.07, 6.45) is 1.56. The van der Waals surface area contributed by atoms with E-state index in [4.69, 9.17) is 17.3 Å². The Hall–Kier alpha value is -1.86. The van der Waals surface area contributed by atoms with Gasteiger partial charge in [-0.2, -0.15) is 9.97 Å². The van der Waals surface area contributed by atoms with Crippen LogP contribution in [0.5, 0.6) is 0 Å². The third kappa shape index (κ3) is 2.09. The summed E-state index contributed by atoms with van der Waals surface area (Å²) in [6.45, 7) is 0.627. The summed E-state index contributed by atoms with van der Waals surface area (Å²) < 4.78 is 0.765. The highest BCUT2D eigenvalue weighted by Crippen LogP contribution is 2.23. The van der Waals surface area contributed by atoms with Crippen LogP contribution >= 0.6 is 22.9 Å². The number of halogens is 1. The van der Waals surface area contributed by atoms with Crippen LogP contribution in [0.4, 0.5) is 11.8 Å². The molecule has 92 valence electrons. The lowest BCUT2D eigenvalue weighted by Crippen LogP contribution is -2.04. The minimum absolute atomic E-state index is 0.196. The minimum Gasteiger partial charge on any atom is -0.368 e. The number of fused-ring (bicyclic) bond motifs is 1. The Balaban J connectivity index is 1.87. The number of nitrogens with one attached hydrogen (secondary N) is 2. The SMILES string of the molecule is Nc1nc(NCc2ccc(Cl)s2)c2[nH]cnc2n1. The van der Waals surface area contributed by atoms with Crippen molar-refractivity contribution in [2.24, 2.45) is 0 Å². The van der Waals surface area contributed by atoms with Gasteiger partial charge in [-0.05, 0) is 12.1 Å². The van der Waals surface area contributed by atoms with Gasteiger partial charge in [0.1, 0.15) is 5.52 Å². The van der Waals surface area contributed by atoms with Crippen molar-refractivity contribution in [1.82, 2.24) is 19.9 Å². The van der Waals surface area contributed by atoms with Crippen molar-refractivity contribution in [1.29, 1.82) is 0 Å². The quantitative estimate of drug-likeness (QED) is 0.684. The van der Waals surface area contributed by atoms with Crippen LogP contribution in [0.25, 0.3) is 11.2 Å². The Morgan fingerprint density at radius 2 is 2.28 bits per heavy atom. The number of nitrogens with zero attached hydrogens (tertiary/aromatic N) is 3. The van der Waals surface area contributed by atoms with Crippen LogP contribution in [0, 0.1) is 0 Å². The van der Waals surface area contributed by atoms with Crippen LogP contribution < -0.4 is 11.1 Å².